The van der Waals surface area contributed by atoms with Crippen molar-refractivity contribution in [2.75, 3.05) is 11.9 Å². The van der Waals surface area contributed by atoms with E-state index in [4.69, 9.17) is 5.11 Å². The Balaban J connectivity index is 2.63. The summed E-state index contributed by atoms with van der Waals surface area (Å²) in [6.07, 6.45) is 0.717. The summed E-state index contributed by atoms with van der Waals surface area (Å²) in [4.78, 5) is 0. The first-order valence-electron chi connectivity index (χ1n) is 4.82. The second kappa shape index (κ2) is 4.91. The van der Waals surface area contributed by atoms with Gasteiger partial charge in [0.1, 0.15) is 5.82 Å². The Morgan fingerprint density at radius 1 is 1.43 bits per heavy atom. The van der Waals surface area contributed by atoms with E-state index in [9.17, 15) is 0 Å². The third-order valence-corrected chi connectivity index (χ3v) is 2.19. The lowest BCUT2D eigenvalue weighted by molar-refractivity contribution is 0.282. The molecular weight excluding hydrogens is 178 g/mol. The van der Waals surface area contributed by atoms with Gasteiger partial charge in [0.05, 0.1) is 5.69 Å². The lowest BCUT2D eigenvalue weighted by Crippen LogP contribution is -2.17. The van der Waals surface area contributed by atoms with Gasteiger partial charge in [-0.05, 0) is 38.8 Å². The smallest absolute Gasteiger partial charge is 0.149 e. The van der Waals surface area contributed by atoms with E-state index in [2.05, 4.69) is 15.5 Å². The molecular formula is C10H17N3O. The zero-order valence-electron chi connectivity index (χ0n) is 8.91. The van der Waals surface area contributed by atoms with E-state index in [0.29, 0.717) is 6.42 Å². The average Bonchev–Trinajstić information content (AvgIpc) is 2.12. The Bertz CT molecular complexity index is 301. The van der Waals surface area contributed by atoms with Crippen LogP contribution in [0, 0.1) is 13.8 Å². The number of hydrogen-bond acceptors (Lipinski definition) is 4. The first-order chi connectivity index (χ1) is 6.63. The van der Waals surface area contributed by atoms with E-state index in [1.807, 2.05) is 26.8 Å². The Labute approximate surface area is 84.4 Å². The largest absolute Gasteiger partial charge is 0.396 e. The maximum Gasteiger partial charge on any atom is 0.149 e. The summed E-state index contributed by atoms with van der Waals surface area (Å²) in [6.45, 7) is 6.13. The molecule has 0 radical (unpaired) electrons. The maximum absolute atomic E-state index is 8.74. The first-order valence-corrected chi connectivity index (χ1v) is 4.82. The normalized spacial score (nSPS) is 12.6. The van der Waals surface area contributed by atoms with Crippen molar-refractivity contribution >= 4 is 5.82 Å². The standard InChI is InChI=1S/C10H17N3O/c1-7-6-10(13-12-9(7)3)11-8(2)4-5-14/h6,8,14H,4-5H2,1-3H3,(H,11,13)/t8-/m1/s1. The lowest BCUT2D eigenvalue weighted by Gasteiger charge is -2.12. The van der Waals surface area contributed by atoms with Crippen LogP contribution in [0.25, 0.3) is 0 Å². The van der Waals surface area contributed by atoms with E-state index >= 15 is 0 Å². The lowest BCUT2D eigenvalue weighted by atomic mass is 10.2. The molecule has 1 atom stereocenters. The van der Waals surface area contributed by atoms with Crippen LogP contribution in [0.5, 0.6) is 0 Å². The van der Waals surface area contributed by atoms with Crippen molar-refractivity contribution in [3.63, 3.8) is 0 Å². The van der Waals surface area contributed by atoms with Gasteiger partial charge >= 0.3 is 0 Å². The van der Waals surface area contributed by atoms with Gasteiger partial charge in [-0.1, -0.05) is 0 Å². The molecule has 1 heterocycles. The highest BCUT2D eigenvalue weighted by molar-refractivity contribution is 5.38. The van der Waals surface area contributed by atoms with Gasteiger partial charge in [0.15, 0.2) is 0 Å². The molecule has 4 nitrogen and oxygen atoms in total. The van der Waals surface area contributed by atoms with Gasteiger partial charge in [-0.25, -0.2) is 0 Å². The number of nitrogens with zero attached hydrogens (tertiary/aromatic N) is 2. The maximum atomic E-state index is 8.74. The molecule has 2 N–H and O–H groups in total. The summed E-state index contributed by atoms with van der Waals surface area (Å²) in [5.41, 5.74) is 2.07. The van der Waals surface area contributed by atoms with E-state index in [1.54, 1.807) is 0 Å². The predicted octanol–water partition coefficient (Wildman–Crippen LogP) is 1.28. The van der Waals surface area contributed by atoms with Crippen molar-refractivity contribution in [2.45, 2.75) is 33.2 Å². The zero-order chi connectivity index (χ0) is 10.6. The molecule has 0 fully saturated rings. The summed E-state index contributed by atoms with van der Waals surface area (Å²) >= 11 is 0. The summed E-state index contributed by atoms with van der Waals surface area (Å²) in [6, 6.07) is 2.19. The van der Waals surface area contributed by atoms with E-state index in [1.165, 1.54) is 0 Å². The molecule has 78 valence electrons. The molecule has 0 unspecified atom stereocenters. The van der Waals surface area contributed by atoms with E-state index in [0.717, 1.165) is 17.1 Å². The highest BCUT2D eigenvalue weighted by Crippen LogP contribution is 2.09. The second-order valence-electron chi connectivity index (χ2n) is 3.56. The Morgan fingerprint density at radius 3 is 2.71 bits per heavy atom. The summed E-state index contributed by atoms with van der Waals surface area (Å²) in [7, 11) is 0. The average molecular weight is 195 g/mol. The molecule has 4 heteroatoms. The number of nitrogens with one attached hydrogen (secondary N) is 1. The van der Waals surface area contributed by atoms with Crippen molar-refractivity contribution in [3.8, 4) is 0 Å². The molecule has 0 aliphatic heterocycles. The Morgan fingerprint density at radius 2 is 2.14 bits per heavy atom. The van der Waals surface area contributed by atoms with Crippen LogP contribution in [0.4, 0.5) is 5.82 Å². The fourth-order valence-electron chi connectivity index (χ4n) is 1.13. The van der Waals surface area contributed by atoms with Crippen LogP contribution in [-0.4, -0.2) is 28.0 Å². The van der Waals surface area contributed by atoms with E-state index < -0.39 is 0 Å². The molecule has 0 bridgehead atoms. The number of rotatable bonds is 4. The Kier molecular flexibility index (Phi) is 3.83. The molecule has 0 saturated carbocycles. The third-order valence-electron chi connectivity index (χ3n) is 2.19. The molecule has 0 saturated heterocycles. The fourth-order valence-corrected chi connectivity index (χ4v) is 1.13. The van der Waals surface area contributed by atoms with Gasteiger partial charge in [-0.2, -0.15) is 5.10 Å². The van der Waals surface area contributed by atoms with Gasteiger partial charge in [0, 0.05) is 12.6 Å². The fraction of sp³-hybridized carbons (Fsp3) is 0.600. The minimum absolute atomic E-state index is 0.187. The number of anilines is 1. The van der Waals surface area contributed by atoms with Crippen LogP contribution in [0.15, 0.2) is 6.07 Å². The minimum atomic E-state index is 0.187. The molecule has 1 aromatic heterocycles. The molecule has 0 aromatic carbocycles. The number of aliphatic hydroxyl groups excluding tert-OH is 1. The van der Waals surface area contributed by atoms with Gasteiger partial charge in [-0.3, -0.25) is 0 Å². The minimum Gasteiger partial charge on any atom is -0.396 e. The topological polar surface area (TPSA) is 58.0 Å². The molecule has 0 amide bonds. The zero-order valence-corrected chi connectivity index (χ0v) is 8.91. The van der Waals surface area contributed by atoms with Gasteiger partial charge in [0.25, 0.3) is 0 Å². The van der Waals surface area contributed by atoms with Crippen LogP contribution in [0.1, 0.15) is 24.6 Å². The van der Waals surface area contributed by atoms with Crippen molar-refractivity contribution in [1.29, 1.82) is 0 Å². The van der Waals surface area contributed by atoms with E-state index in [-0.39, 0.29) is 12.6 Å². The number of aromatic nitrogens is 2. The molecule has 0 aliphatic rings. The van der Waals surface area contributed by atoms with Gasteiger partial charge in [0.2, 0.25) is 0 Å². The van der Waals surface area contributed by atoms with Crippen molar-refractivity contribution in [1.82, 2.24) is 10.2 Å². The molecule has 1 aromatic rings. The monoisotopic (exact) mass is 195 g/mol. The summed E-state index contributed by atoms with van der Waals surface area (Å²) < 4.78 is 0. The van der Waals surface area contributed by atoms with Crippen LogP contribution in [-0.2, 0) is 0 Å². The van der Waals surface area contributed by atoms with Crippen LogP contribution in [0.3, 0.4) is 0 Å². The SMILES string of the molecule is Cc1cc(N[C@H](C)CCO)nnc1C. The van der Waals surface area contributed by atoms with Gasteiger partial charge < -0.3 is 10.4 Å². The molecule has 14 heavy (non-hydrogen) atoms. The Hall–Kier alpha value is -1.16. The second-order valence-corrected chi connectivity index (χ2v) is 3.56. The molecule has 1 rings (SSSR count). The number of hydrogen-bond donors (Lipinski definition) is 2. The van der Waals surface area contributed by atoms with Crippen molar-refractivity contribution in [3.05, 3.63) is 17.3 Å². The van der Waals surface area contributed by atoms with Crippen LogP contribution < -0.4 is 5.32 Å². The molecule has 0 aliphatic carbocycles. The summed E-state index contributed by atoms with van der Waals surface area (Å²) in [5.74, 6) is 0.772. The first kappa shape index (κ1) is 10.9. The van der Waals surface area contributed by atoms with Gasteiger partial charge in [-0.15, -0.1) is 5.10 Å². The molecule has 0 spiro atoms. The predicted molar refractivity (Wildman–Crippen MR) is 56.3 cm³/mol. The highest BCUT2D eigenvalue weighted by Gasteiger charge is 2.03. The van der Waals surface area contributed by atoms with Crippen LogP contribution >= 0.6 is 0 Å². The van der Waals surface area contributed by atoms with Crippen molar-refractivity contribution < 1.29 is 5.11 Å². The van der Waals surface area contributed by atoms with Crippen molar-refractivity contribution in [2.24, 2.45) is 0 Å². The number of aliphatic hydroxyl groups is 1. The summed E-state index contributed by atoms with van der Waals surface area (Å²) in [5, 5.41) is 20.0. The van der Waals surface area contributed by atoms with Crippen LogP contribution in [0.2, 0.25) is 0 Å². The third kappa shape index (κ3) is 2.96. The quantitative estimate of drug-likeness (QED) is 0.759. The highest BCUT2D eigenvalue weighted by atomic mass is 16.3. The number of aryl methyl sites for hydroxylation is 2.